The maximum Gasteiger partial charge on any atom is 0.325 e. The Bertz CT molecular complexity index is 400. The van der Waals surface area contributed by atoms with Crippen LogP contribution in [-0.4, -0.2) is 53.8 Å². The number of carbonyl (C=O) groups excluding carboxylic acids is 3. The van der Waals surface area contributed by atoms with Crippen LogP contribution in [0.25, 0.3) is 0 Å². The normalized spacial score (nSPS) is 21.7. The summed E-state index contributed by atoms with van der Waals surface area (Å²) in [6, 6.07) is -0.349. The summed E-state index contributed by atoms with van der Waals surface area (Å²) in [6.07, 6.45) is 4.70. The predicted octanol–water partition coefficient (Wildman–Crippen LogP) is 0.719. The lowest BCUT2D eigenvalue weighted by molar-refractivity contribution is -0.131. The third-order valence-corrected chi connectivity index (χ3v) is 4.13. The number of hydrogen-bond acceptors (Lipinski definition) is 3. The SMILES string of the molecule is CN(C)C(=O)CCN1C(=O)NC(=O)C12CCCCC2. The van der Waals surface area contributed by atoms with Crippen LogP contribution in [0.3, 0.4) is 0 Å². The summed E-state index contributed by atoms with van der Waals surface area (Å²) < 4.78 is 0. The number of urea groups is 1. The van der Waals surface area contributed by atoms with Gasteiger partial charge in [0, 0.05) is 27.1 Å². The van der Waals surface area contributed by atoms with E-state index in [2.05, 4.69) is 5.32 Å². The van der Waals surface area contributed by atoms with Gasteiger partial charge in [-0.3, -0.25) is 14.9 Å². The Morgan fingerprint density at radius 3 is 2.47 bits per heavy atom. The summed E-state index contributed by atoms with van der Waals surface area (Å²) >= 11 is 0. The van der Waals surface area contributed by atoms with Crippen molar-refractivity contribution in [3.8, 4) is 0 Å². The van der Waals surface area contributed by atoms with Crippen LogP contribution in [0.5, 0.6) is 0 Å². The first-order valence-corrected chi connectivity index (χ1v) is 6.80. The van der Waals surface area contributed by atoms with E-state index in [9.17, 15) is 14.4 Å². The van der Waals surface area contributed by atoms with Crippen molar-refractivity contribution < 1.29 is 14.4 Å². The molecule has 1 spiro atoms. The third-order valence-electron chi connectivity index (χ3n) is 4.13. The van der Waals surface area contributed by atoms with E-state index in [4.69, 9.17) is 0 Å². The number of nitrogens with one attached hydrogen (secondary N) is 1. The minimum absolute atomic E-state index is 0.0295. The molecule has 6 nitrogen and oxygen atoms in total. The minimum atomic E-state index is -0.693. The summed E-state index contributed by atoms with van der Waals surface area (Å²) in [6.45, 7) is 0.314. The molecule has 2 rings (SSSR count). The van der Waals surface area contributed by atoms with E-state index in [0.717, 1.165) is 19.3 Å². The van der Waals surface area contributed by atoms with Gasteiger partial charge in [-0.2, -0.15) is 0 Å². The minimum Gasteiger partial charge on any atom is -0.349 e. The van der Waals surface area contributed by atoms with Gasteiger partial charge in [-0.15, -0.1) is 0 Å². The molecule has 0 bridgehead atoms. The lowest BCUT2D eigenvalue weighted by atomic mass is 9.80. The van der Waals surface area contributed by atoms with Gasteiger partial charge in [-0.1, -0.05) is 19.3 Å². The summed E-state index contributed by atoms with van der Waals surface area (Å²) in [4.78, 5) is 38.7. The van der Waals surface area contributed by atoms with Gasteiger partial charge in [0.15, 0.2) is 0 Å². The van der Waals surface area contributed by atoms with Crippen molar-refractivity contribution >= 4 is 17.8 Å². The monoisotopic (exact) mass is 267 g/mol. The maximum atomic E-state index is 12.1. The zero-order chi connectivity index (χ0) is 14.0. The molecule has 1 aliphatic carbocycles. The Balaban J connectivity index is 2.09. The van der Waals surface area contributed by atoms with E-state index < -0.39 is 5.54 Å². The van der Waals surface area contributed by atoms with Gasteiger partial charge in [0.05, 0.1) is 0 Å². The number of amides is 4. The summed E-state index contributed by atoms with van der Waals surface area (Å²) in [5.41, 5.74) is -0.693. The highest BCUT2D eigenvalue weighted by molar-refractivity contribution is 6.07. The van der Waals surface area contributed by atoms with Crippen LogP contribution in [0.1, 0.15) is 38.5 Å². The van der Waals surface area contributed by atoms with Crippen LogP contribution in [-0.2, 0) is 9.59 Å². The van der Waals surface area contributed by atoms with Crippen LogP contribution in [0, 0.1) is 0 Å². The maximum absolute atomic E-state index is 12.1. The first-order chi connectivity index (χ1) is 8.97. The van der Waals surface area contributed by atoms with Gasteiger partial charge in [-0.05, 0) is 12.8 Å². The fraction of sp³-hybridized carbons (Fsp3) is 0.769. The standard InChI is InChI=1S/C13H21N3O3/c1-15(2)10(17)6-9-16-12(19)14-11(18)13(16)7-4-3-5-8-13/h3-9H2,1-2H3,(H,14,18,19). The van der Waals surface area contributed by atoms with E-state index >= 15 is 0 Å². The molecule has 1 heterocycles. The van der Waals surface area contributed by atoms with Crippen molar-refractivity contribution in [3.63, 3.8) is 0 Å². The molecule has 6 heteroatoms. The Morgan fingerprint density at radius 2 is 1.89 bits per heavy atom. The molecule has 19 heavy (non-hydrogen) atoms. The van der Waals surface area contributed by atoms with Crippen LogP contribution in [0.15, 0.2) is 0 Å². The molecule has 1 saturated carbocycles. The second-order valence-electron chi connectivity index (χ2n) is 5.54. The molecule has 4 amide bonds. The topological polar surface area (TPSA) is 69.7 Å². The van der Waals surface area contributed by atoms with Gasteiger partial charge >= 0.3 is 6.03 Å². The van der Waals surface area contributed by atoms with E-state index in [1.54, 1.807) is 19.0 Å². The first-order valence-electron chi connectivity index (χ1n) is 6.80. The van der Waals surface area contributed by atoms with Crippen LogP contribution in [0.4, 0.5) is 4.79 Å². The highest BCUT2D eigenvalue weighted by Gasteiger charge is 2.52. The highest BCUT2D eigenvalue weighted by Crippen LogP contribution is 2.37. The second kappa shape index (κ2) is 5.19. The van der Waals surface area contributed by atoms with Crippen molar-refractivity contribution in [2.45, 2.75) is 44.1 Å². The summed E-state index contributed by atoms with van der Waals surface area (Å²) in [7, 11) is 3.38. The Kier molecular flexibility index (Phi) is 3.78. The Morgan fingerprint density at radius 1 is 1.26 bits per heavy atom. The molecule has 0 aromatic heterocycles. The second-order valence-corrected chi connectivity index (χ2v) is 5.54. The fourth-order valence-corrected chi connectivity index (χ4v) is 2.98. The zero-order valence-electron chi connectivity index (χ0n) is 11.6. The first kappa shape index (κ1) is 13.8. The van der Waals surface area contributed by atoms with Crippen LogP contribution >= 0.6 is 0 Å². The van der Waals surface area contributed by atoms with E-state index in [-0.39, 0.29) is 24.3 Å². The Labute approximate surface area is 113 Å². The van der Waals surface area contributed by atoms with Crippen molar-refractivity contribution in [2.24, 2.45) is 0 Å². The van der Waals surface area contributed by atoms with Gasteiger partial charge in [-0.25, -0.2) is 4.79 Å². The molecule has 2 fully saturated rings. The number of imide groups is 1. The molecule has 0 atom stereocenters. The smallest absolute Gasteiger partial charge is 0.325 e. The summed E-state index contributed by atoms with van der Waals surface area (Å²) in [5, 5.41) is 2.40. The molecule has 106 valence electrons. The zero-order valence-corrected chi connectivity index (χ0v) is 11.6. The van der Waals surface area contributed by atoms with Crippen molar-refractivity contribution in [1.82, 2.24) is 15.1 Å². The lowest BCUT2D eigenvalue weighted by Crippen LogP contribution is -2.51. The Hall–Kier alpha value is -1.59. The quantitative estimate of drug-likeness (QED) is 0.766. The molecule has 2 aliphatic rings. The predicted molar refractivity (Wildman–Crippen MR) is 69.4 cm³/mol. The highest BCUT2D eigenvalue weighted by atomic mass is 16.2. The number of nitrogens with zero attached hydrogens (tertiary/aromatic N) is 2. The van der Waals surface area contributed by atoms with E-state index in [1.165, 1.54) is 4.90 Å². The molecule has 1 saturated heterocycles. The lowest BCUT2D eigenvalue weighted by Gasteiger charge is -2.38. The molecule has 0 unspecified atom stereocenters. The third kappa shape index (κ3) is 2.43. The van der Waals surface area contributed by atoms with Gasteiger partial charge in [0.1, 0.15) is 5.54 Å². The van der Waals surface area contributed by atoms with Crippen molar-refractivity contribution in [1.29, 1.82) is 0 Å². The van der Waals surface area contributed by atoms with Crippen LogP contribution in [0.2, 0.25) is 0 Å². The van der Waals surface area contributed by atoms with Crippen LogP contribution < -0.4 is 5.32 Å². The fourth-order valence-electron chi connectivity index (χ4n) is 2.98. The molecule has 0 aromatic carbocycles. The van der Waals surface area contributed by atoms with Gasteiger partial charge in [0.2, 0.25) is 5.91 Å². The van der Waals surface area contributed by atoms with Crippen molar-refractivity contribution in [3.05, 3.63) is 0 Å². The average Bonchev–Trinajstić information content (AvgIpc) is 2.59. The molecule has 1 N–H and O–H groups in total. The molecular weight excluding hydrogens is 246 g/mol. The van der Waals surface area contributed by atoms with Gasteiger partial charge in [0.25, 0.3) is 5.91 Å². The summed E-state index contributed by atoms with van der Waals surface area (Å²) in [5.74, 6) is -0.215. The number of rotatable bonds is 3. The molecule has 0 radical (unpaired) electrons. The van der Waals surface area contributed by atoms with E-state index in [0.29, 0.717) is 19.4 Å². The van der Waals surface area contributed by atoms with Gasteiger partial charge < -0.3 is 9.80 Å². The van der Waals surface area contributed by atoms with E-state index in [1.807, 2.05) is 0 Å². The number of hydrogen-bond donors (Lipinski definition) is 1. The molecule has 0 aromatic rings. The molecular formula is C13H21N3O3. The molecule has 1 aliphatic heterocycles. The largest absolute Gasteiger partial charge is 0.349 e. The van der Waals surface area contributed by atoms with Crippen molar-refractivity contribution in [2.75, 3.05) is 20.6 Å². The number of carbonyl (C=O) groups is 3. The average molecular weight is 267 g/mol.